The van der Waals surface area contributed by atoms with Crippen molar-refractivity contribution < 1.29 is 9.90 Å². The largest absolute Gasteiger partial charge is 0.465 e. The van der Waals surface area contributed by atoms with E-state index >= 15 is 0 Å². The van der Waals surface area contributed by atoms with Gasteiger partial charge < -0.3 is 15.4 Å². The molecule has 0 unspecified atom stereocenters. The van der Waals surface area contributed by atoms with Gasteiger partial charge >= 0.3 is 6.09 Å². The summed E-state index contributed by atoms with van der Waals surface area (Å²) in [6.45, 7) is 3.74. The molecule has 27 heavy (non-hydrogen) atoms. The Morgan fingerprint density at radius 3 is 2.63 bits per heavy atom. The predicted octanol–water partition coefficient (Wildman–Crippen LogP) is 4.80. The molecule has 0 atom stereocenters. The van der Waals surface area contributed by atoms with Crippen molar-refractivity contribution in [1.29, 1.82) is 5.26 Å². The van der Waals surface area contributed by atoms with Crippen molar-refractivity contribution in [3.8, 4) is 6.07 Å². The number of para-hydroxylation sites is 1. The lowest BCUT2D eigenvalue weighted by Crippen LogP contribution is -2.44. The molecule has 0 bridgehead atoms. The van der Waals surface area contributed by atoms with E-state index in [0.29, 0.717) is 12.0 Å². The van der Waals surface area contributed by atoms with Gasteiger partial charge in [-0.15, -0.1) is 0 Å². The summed E-state index contributed by atoms with van der Waals surface area (Å²) < 4.78 is 0. The number of hydrogen-bond donors (Lipinski definition) is 3. The van der Waals surface area contributed by atoms with Crippen LogP contribution in [0.3, 0.4) is 0 Å². The lowest BCUT2D eigenvalue weighted by atomic mass is 9.94. The molecule has 2 aromatic carbocycles. The van der Waals surface area contributed by atoms with Gasteiger partial charge in [-0.1, -0.05) is 42.5 Å². The minimum Gasteiger partial charge on any atom is -0.465 e. The van der Waals surface area contributed by atoms with Crippen molar-refractivity contribution in [2.24, 2.45) is 0 Å². The number of H-pyrrole nitrogens is 1. The van der Waals surface area contributed by atoms with Crippen LogP contribution in [-0.2, 0) is 6.42 Å². The highest BCUT2D eigenvalue weighted by Gasteiger charge is 2.22. The first kappa shape index (κ1) is 18.3. The van der Waals surface area contributed by atoms with Gasteiger partial charge in [-0.2, -0.15) is 5.26 Å². The van der Waals surface area contributed by atoms with Crippen LogP contribution >= 0.6 is 0 Å². The molecule has 3 rings (SSSR count). The number of nitrogens with zero attached hydrogens (tertiary/aromatic N) is 1. The molecule has 0 aliphatic carbocycles. The molecule has 3 N–H and O–H groups in total. The van der Waals surface area contributed by atoms with Gasteiger partial charge in [-0.3, -0.25) is 0 Å². The van der Waals surface area contributed by atoms with Gasteiger partial charge in [-0.05, 0) is 49.1 Å². The molecule has 0 aliphatic rings. The molecule has 0 radical (unpaired) electrons. The number of amides is 1. The Bertz CT molecular complexity index is 1040. The van der Waals surface area contributed by atoms with Crippen LogP contribution in [0.1, 0.15) is 36.1 Å². The molecule has 1 amide bonds. The Morgan fingerprint density at radius 1 is 1.22 bits per heavy atom. The summed E-state index contributed by atoms with van der Waals surface area (Å²) >= 11 is 0. The molecule has 0 spiro atoms. The number of benzene rings is 2. The fourth-order valence-electron chi connectivity index (χ4n) is 3.19. The zero-order valence-corrected chi connectivity index (χ0v) is 15.3. The third-order valence-electron chi connectivity index (χ3n) is 4.41. The average Bonchev–Trinajstić information content (AvgIpc) is 3.02. The topological polar surface area (TPSA) is 88.9 Å². The maximum absolute atomic E-state index is 11.0. The third kappa shape index (κ3) is 4.36. The number of nitrogens with one attached hydrogen (secondary N) is 2. The number of aromatic nitrogens is 1. The van der Waals surface area contributed by atoms with Gasteiger partial charge in [-0.25, -0.2) is 4.79 Å². The molecule has 1 aromatic heterocycles. The van der Waals surface area contributed by atoms with Crippen molar-refractivity contribution in [2.75, 3.05) is 0 Å². The molecular weight excluding hydrogens is 338 g/mol. The molecule has 1 heterocycles. The highest BCUT2D eigenvalue weighted by atomic mass is 16.4. The number of nitriles is 1. The minimum absolute atomic E-state index is 0.560. The van der Waals surface area contributed by atoms with Crippen LogP contribution in [0.25, 0.3) is 23.1 Å². The molecule has 5 nitrogen and oxygen atoms in total. The summed E-state index contributed by atoms with van der Waals surface area (Å²) in [4.78, 5) is 14.3. The SMILES string of the molecule is CC(C)(Cc1c[nH]c2c(/C=C/c3ccc(C#N)cc3)cccc12)NC(=O)O. The number of hydrogen-bond acceptors (Lipinski definition) is 2. The van der Waals surface area contributed by atoms with Crippen LogP contribution < -0.4 is 5.32 Å². The first-order valence-corrected chi connectivity index (χ1v) is 8.66. The normalized spacial score (nSPS) is 11.6. The Hall–Kier alpha value is -3.52. The van der Waals surface area contributed by atoms with E-state index in [1.54, 1.807) is 12.1 Å². The van der Waals surface area contributed by atoms with E-state index in [9.17, 15) is 4.79 Å². The van der Waals surface area contributed by atoms with Crippen molar-refractivity contribution in [2.45, 2.75) is 25.8 Å². The second-order valence-electron chi connectivity index (χ2n) is 7.14. The van der Waals surface area contributed by atoms with Gasteiger partial charge in [0.15, 0.2) is 0 Å². The molecular formula is C22H21N3O2. The third-order valence-corrected chi connectivity index (χ3v) is 4.41. The molecule has 3 aromatic rings. The van der Waals surface area contributed by atoms with E-state index in [2.05, 4.69) is 16.4 Å². The standard InChI is InChI=1S/C22H21N3O2/c1-22(2,25-21(26)27)12-18-14-24-20-17(4-3-5-19(18)20)11-10-15-6-8-16(13-23)9-7-15/h3-11,14,24-25H,12H2,1-2H3,(H,26,27)/b11-10+. The van der Waals surface area contributed by atoms with E-state index in [1.165, 1.54) is 0 Å². The van der Waals surface area contributed by atoms with Gasteiger partial charge in [0.2, 0.25) is 0 Å². The zero-order valence-electron chi connectivity index (χ0n) is 15.3. The average molecular weight is 359 g/mol. The van der Waals surface area contributed by atoms with Crippen molar-refractivity contribution >= 4 is 29.1 Å². The summed E-state index contributed by atoms with van der Waals surface area (Å²) in [5, 5.41) is 21.5. The fourth-order valence-corrected chi connectivity index (χ4v) is 3.19. The number of carbonyl (C=O) groups is 1. The Morgan fingerprint density at radius 2 is 1.96 bits per heavy atom. The van der Waals surface area contributed by atoms with E-state index < -0.39 is 11.6 Å². The predicted molar refractivity (Wildman–Crippen MR) is 107 cm³/mol. The monoisotopic (exact) mass is 359 g/mol. The molecule has 136 valence electrons. The van der Waals surface area contributed by atoms with Crippen molar-refractivity contribution in [1.82, 2.24) is 10.3 Å². The summed E-state index contributed by atoms with van der Waals surface area (Å²) in [6, 6.07) is 15.6. The van der Waals surface area contributed by atoms with Crippen LogP contribution in [-0.4, -0.2) is 21.7 Å². The zero-order chi connectivity index (χ0) is 19.4. The molecule has 0 saturated carbocycles. The number of carboxylic acid groups (broad SMARTS) is 1. The Balaban J connectivity index is 1.88. The highest BCUT2D eigenvalue weighted by Crippen LogP contribution is 2.26. The van der Waals surface area contributed by atoms with Crippen molar-refractivity contribution in [3.63, 3.8) is 0 Å². The second kappa shape index (κ2) is 7.38. The Kier molecular flexibility index (Phi) is 5.00. The smallest absolute Gasteiger partial charge is 0.405 e. The molecule has 0 fully saturated rings. The van der Waals surface area contributed by atoms with Gasteiger partial charge in [0.05, 0.1) is 17.1 Å². The second-order valence-corrected chi connectivity index (χ2v) is 7.14. The van der Waals surface area contributed by atoms with Gasteiger partial charge in [0, 0.05) is 17.1 Å². The number of aromatic amines is 1. The van der Waals surface area contributed by atoms with Crippen LogP contribution in [0.2, 0.25) is 0 Å². The van der Waals surface area contributed by atoms with Crippen LogP contribution in [0, 0.1) is 11.3 Å². The van der Waals surface area contributed by atoms with Gasteiger partial charge in [0.25, 0.3) is 0 Å². The van der Waals surface area contributed by atoms with E-state index in [1.807, 2.05) is 62.5 Å². The lowest BCUT2D eigenvalue weighted by Gasteiger charge is -2.24. The lowest BCUT2D eigenvalue weighted by molar-refractivity contribution is 0.182. The fraction of sp³-hybridized carbons (Fsp3) is 0.182. The minimum atomic E-state index is -1.02. The van der Waals surface area contributed by atoms with E-state index in [4.69, 9.17) is 10.4 Å². The number of rotatable bonds is 5. The first-order chi connectivity index (χ1) is 12.9. The van der Waals surface area contributed by atoms with Crippen molar-refractivity contribution in [3.05, 3.63) is 70.9 Å². The summed E-state index contributed by atoms with van der Waals surface area (Å²) in [5.74, 6) is 0. The Labute approximate surface area is 158 Å². The summed E-state index contributed by atoms with van der Waals surface area (Å²) in [7, 11) is 0. The summed E-state index contributed by atoms with van der Waals surface area (Å²) in [6.07, 6.45) is 5.54. The quantitative estimate of drug-likeness (QED) is 0.572. The molecule has 0 saturated heterocycles. The van der Waals surface area contributed by atoms with Gasteiger partial charge in [0.1, 0.15) is 0 Å². The van der Waals surface area contributed by atoms with Crippen LogP contribution in [0.5, 0.6) is 0 Å². The maximum atomic E-state index is 11.0. The van der Waals surface area contributed by atoms with E-state index in [-0.39, 0.29) is 0 Å². The highest BCUT2D eigenvalue weighted by molar-refractivity contribution is 5.92. The van der Waals surface area contributed by atoms with Crippen LogP contribution in [0.4, 0.5) is 4.79 Å². The summed E-state index contributed by atoms with van der Waals surface area (Å²) in [5.41, 5.74) is 4.23. The van der Waals surface area contributed by atoms with Crippen LogP contribution in [0.15, 0.2) is 48.7 Å². The first-order valence-electron chi connectivity index (χ1n) is 8.66. The number of fused-ring (bicyclic) bond motifs is 1. The molecule has 0 aliphatic heterocycles. The molecule has 5 heteroatoms. The maximum Gasteiger partial charge on any atom is 0.405 e. The van der Waals surface area contributed by atoms with E-state index in [0.717, 1.165) is 27.6 Å².